The molecule has 0 saturated carbocycles. The van der Waals surface area contributed by atoms with E-state index in [0.717, 1.165) is 12.8 Å². The average molecular weight is 315 g/mol. The number of carboxylic acid groups (broad SMARTS) is 2. The van der Waals surface area contributed by atoms with Gasteiger partial charge < -0.3 is 25.0 Å². The monoisotopic (exact) mass is 315 g/mol. The lowest BCUT2D eigenvalue weighted by Gasteiger charge is -2.52. The molecule has 22 heavy (non-hydrogen) atoms. The molecule has 1 spiro atoms. The van der Waals surface area contributed by atoms with Crippen LogP contribution in [0.4, 0.5) is 0 Å². The standard InChI is InChI=1S/C15H25NO6/c1-5-14(6-2)8-15(7-13(3,4)16-14)21-9(11(17)18)10(22-15)12(19)20/h9-10,16H,5-8H2,1-4H3,(H,17,18)(H,19,20). The van der Waals surface area contributed by atoms with Crippen LogP contribution in [0.25, 0.3) is 0 Å². The predicted octanol–water partition coefficient (Wildman–Crippen LogP) is 1.36. The van der Waals surface area contributed by atoms with Gasteiger partial charge in [-0.3, -0.25) is 0 Å². The van der Waals surface area contributed by atoms with E-state index in [0.29, 0.717) is 12.8 Å². The van der Waals surface area contributed by atoms with Gasteiger partial charge in [0.2, 0.25) is 0 Å². The van der Waals surface area contributed by atoms with Crippen LogP contribution in [-0.2, 0) is 19.1 Å². The van der Waals surface area contributed by atoms with Crippen molar-refractivity contribution < 1.29 is 29.3 Å². The molecule has 2 rings (SSSR count). The van der Waals surface area contributed by atoms with E-state index in [9.17, 15) is 19.8 Å². The third kappa shape index (κ3) is 2.98. The number of rotatable bonds is 4. The fourth-order valence-electron chi connectivity index (χ4n) is 3.88. The Labute approximate surface area is 130 Å². The van der Waals surface area contributed by atoms with Crippen LogP contribution in [0.15, 0.2) is 0 Å². The van der Waals surface area contributed by atoms with Gasteiger partial charge in [0.1, 0.15) is 0 Å². The summed E-state index contributed by atoms with van der Waals surface area (Å²) < 4.78 is 11.4. The van der Waals surface area contributed by atoms with Gasteiger partial charge in [0, 0.05) is 23.9 Å². The lowest BCUT2D eigenvalue weighted by molar-refractivity contribution is -0.227. The second kappa shape index (κ2) is 5.47. The Morgan fingerprint density at radius 1 is 1.05 bits per heavy atom. The lowest BCUT2D eigenvalue weighted by atomic mass is 9.74. The number of nitrogens with one attached hydrogen (secondary N) is 1. The van der Waals surface area contributed by atoms with Crippen molar-refractivity contribution in [2.75, 3.05) is 0 Å². The van der Waals surface area contributed by atoms with Crippen LogP contribution >= 0.6 is 0 Å². The number of aliphatic carboxylic acids is 2. The van der Waals surface area contributed by atoms with Gasteiger partial charge in [-0.2, -0.15) is 0 Å². The number of hydrogen-bond acceptors (Lipinski definition) is 5. The van der Waals surface area contributed by atoms with Crippen molar-refractivity contribution >= 4 is 11.9 Å². The van der Waals surface area contributed by atoms with Crippen molar-refractivity contribution in [2.24, 2.45) is 0 Å². The molecule has 0 aromatic heterocycles. The van der Waals surface area contributed by atoms with Crippen LogP contribution in [0.3, 0.4) is 0 Å². The molecule has 0 radical (unpaired) electrons. The molecule has 0 aliphatic carbocycles. The lowest BCUT2D eigenvalue weighted by Crippen LogP contribution is -2.66. The first-order valence-electron chi connectivity index (χ1n) is 7.68. The third-order valence-electron chi connectivity index (χ3n) is 4.72. The molecule has 2 heterocycles. The van der Waals surface area contributed by atoms with E-state index < -0.39 is 29.9 Å². The Morgan fingerprint density at radius 2 is 1.50 bits per heavy atom. The minimum absolute atomic E-state index is 0.266. The number of piperidine rings is 1. The first kappa shape index (κ1) is 17.2. The van der Waals surface area contributed by atoms with Crippen LogP contribution in [0.5, 0.6) is 0 Å². The molecule has 2 fully saturated rings. The molecule has 126 valence electrons. The van der Waals surface area contributed by atoms with E-state index in [1.165, 1.54) is 0 Å². The van der Waals surface area contributed by atoms with Crippen molar-refractivity contribution in [2.45, 2.75) is 82.5 Å². The summed E-state index contributed by atoms with van der Waals surface area (Å²) in [6.07, 6.45) is -0.483. The summed E-state index contributed by atoms with van der Waals surface area (Å²) in [5.41, 5.74) is -0.612. The van der Waals surface area contributed by atoms with Gasteiger partial charge in [0.25, 0.3) is 0 Å². The predicted molar refractivity (Wildman–Crippen MR) is 77.5 cm³/mol. The summed E-state index contributed by atoms with van der Waals surface area (Å²) in [6, 6.07) is 0. The highest BCUT2D eigenvalue weighted by atomic mass is 16.8. The summed E-state index contributed by atoms with van der Waals surface area (Å²) in [5.74, 6) is -3.79. The highest BCUT2D eigenvalue weighted by Gasteiger charge is 2.60. The van der Waals surface area contributed by atoms with Gasteiger partial charge in [-0.1, -0.05) is 13.8 Å². The molecule has 0 bridgehead atoms. The van der Waals surface area contributed by atoms with Crippen molar-refractivity contribution in [3.8, 4) is 0 Å². The van der Waals surface area contributed by atoms with Crippen LogP contribution in [0.1, 0.15) is 53.4 Å². The maximum absolute atomic E-state index is 11.3. The summed E-state index contributed by atoms with van der Waals surface area (Å²) in [7, 11) is 0. The summed E-state index contributed by atoms with van der Waals surface area (Å²) >= 11 is 0. The van der Waals surface area contributed by atoms with E-state index >= 15 is 0 Å². The van der Waals surface area contributed by atoms with Crippen molar-refractivity contribution in [3.63, 3.8) is 0 Å². The molecule has 2 atom stereocenters. The zero-order valence-electron chi connectivity index (χ0n) is 13.5. The van der Waals surface area contributed by atoms with Crippen molar-refractivity contribution in [1.82, 2.24) is 5.32 Å². The summed E-state index contributed by atoms with van der Waals surface area (Å²) in [5, 5.41) is 22.1. The van der Waals surface area contributed by atoms with Gasteiger partial charge in [-0.25, -0.2) is 9.59 Å². The molecule has 2 aliphatic rings. The maximum atomic E-state index is 11.3. The van der Waals surface area contributed by atoms with Gasteiger partial charge in [0.05, 0.1) is 0 Å². The average Bonchev–Trinajstić information content (AvgIpc) is 2.75. The van der Waals surface area contributed by atoms with E-state index in [1.807, 2.05) is 27.7 Å². The molecule has 7 heteroatoms. The Balaban J connectivity index is 2.36. The van der Waals surface area contributed by atoms with Crippen LogP contribution < -0.4 is 5.32 Å². The van der Waals surface area contributed by atoms with Crippen molar-refractivity contribution in [3.05, 3.63) is 0 Å². The Morgan fingerprint density at radius 3 is 1.86 bits per heavy atom. The van der Waals surface area contributed by atoms with Gasteiger partial charge in [0.15, 0.2) is 18.0 Å². The molecular weight excluding hydrogens is 290 g/mol. The van der Waals surface area contributed by atoms with E-state index in [-0.39, 0.29) is 11.1 Å². The first-order valence-corrected chi connectivity index (χ1v) is 7.68. The molecule has 2 unspecified atom stereocenters. The Kier molecular flexibility index (Phi) is 4.27. The second-order valence-electron chi connectivity index (χ2n) is 7.01. The fraction of sp³-hybridized carbons (Fsp3) is 0.867. The third-order valence-corrected chi connectivity index (χ3v) is 4.72. The van der Waals surface area contributed by atoms with Gasteiger partial charge in [-0.15, -0.1) is 0 Å². The highest BCUT2D eigenvalue weighted by molar-refractivity contribution is 5.84. The first-order chi connectivity index (χ1) is 10.1. The quantitative estimate of drug-likeness (QED) is 0.719. The number of carbonyl (C=O) groups is 2. The van der Waals surface area contributed by atoms with E-state index in [4.69, 9.17) is 9.47 Å². The smallest absolute Gasteiger partial charge is 0.336 e. The second-order valence-corrected chi connectivity index (χ2v) is 7.01. The fourth-order valence-corrected chi connectivity index (χ4v) is 3.88. The largest absolute Gasteiger partial charge is 0.479 e. The van der Waals surface area contributed by atoms with E-state index in [1.54, 1.807) is 0 Å². The maximum Gasteiger partial charge on any atom is 0.336 e. The minimum atomic E-state index is -1.47. The molecular formula is C15H25NO6. The zero-order valence-corrected chi connectivity index (χ0v) is 13.5. The summed E-state index contributed by atoms with van der Waals surface area (Å²) in [6.45, 7) is 8.07. The van der Waals surface area contributed by atoms with Gasteiger partial charge >= 0.3 is 11.9 Å². The Bertz CT molecular complexity index is 449. The molecule has 2 saturated heterocycles. The number of ether oxygens (including phenoxy) is 2. The minimum Gasteiger partial charge on any atom is -0.479 e. The molecule has 0 aromatic carbocycles. The topological polar surface area (TPSA) is 105 Å². The molecule has 3 N–H and O–H groups in total. The normalized spacial score (nSPS) is 36.4. The zero-order chi connectivity index (χ0) is 16.8. The highest BCUT2D eigenvalue weighted by Crippen LogP contribution is 2.47. The summed E-state index contributed by atoms with van der Waals surface area (Å²) in [4.78, 5) is 22.6. The molecule has 0 amide bonds. The Hall–Kier alpha value is -1.18. The molecule has 0 aromatic rings. The van der Waals surface area contributed by atoms with Crippen molar-refractivity contribution in [1.29, 1.82) is 0 Å². The molecule has 7 nitrogen and oxygen atoms in total. The van der Waals surface area contributed by atoms with E-state index in [2.05, 4.69) is 5.32 Å². The van der Waals surface area contributed by atoms with Crippen LogP contribution in [0.2, 0.25) is 0 Å². The van der Waals surface area contributed by atoms with Crippen LogP contribution in [-0.4, -0.2) is 51.2 Å². The number of hydrogen-bond donors (Lipinski definition) is 3. The molecule has 2 aliphatic heterocycles. The number of carboxylic acids is 2. The van der Waals surface area contributed by atoms with Crippen LogP contribution in [0, 0.1) is 0 Å². The van der Waals surface area contributed by atoms with Gasteiger partial charge in [-0.05, 0) is 26.7 Å². The SMILES string of the molecule is CCC1(CC)CC2(CC(C)(C)N1)OC(C(=O)O)C(C(=O)O)O2.